The van der Waals surface area contributed by atoms with Crippen molar-refractivity contribution in [3.8, 4) is 5.75 Å². The first-order chi connectivity index (χ1) is 15.3. The predicted molar refractivity (Wildman–Crippen MR) is 123 cm³/mol. The Balaban J connectivity index is 2.56. The Hall–Kier alpha value is -3.11. The molecule has 0 saturated heterocycles. The van der Waals surface area contributed by atoms with Crippen molar-refractivity contribution in [1.29, 1.82) is 0 Å². The van der Waals surface area contributed by atoms with Crippen LogP contribution < -0.4 is 26.6 Å². The number of nitrogens with zero attached hydrogens (tertiary/aromatic N) is 2. The van der Waals surface area contributed by atoms with Crippen LogP contribution in [0.1, 0.15) is 30.6 Å². The third-order valence-electron chi connectivity index (χ3n) is 4.67. The van der Waals surface area contributed by atoms with Crippen molar-refractivity contribution in [3.05, 3.63) is 50.7 Å². The largest absolute Gasteiger partial charge is 0.490 e. The lowest BCUT2D eigenvalue weighted by Gasteiger charge is -2.25. The molecule has 3 N–H and O–H groups in total. The average molecular weight is 449 g/mol. The zero-order valence-corrected chi connectivity index (χ0v) is 19.1. The van der Waals surface area contributed by atoms with Crippen molar-refractivity contribution in [2.45, 2.75) is 26.8 Å². The number of para-hydroxylation sites is 1. The van der Waals surface area contributed by atoms with Crippen molar-refractivity contribution in [1.82, 2.24) is 9.55 Å². The van der Waals surface area contributed by atoms with Crippen LogP contribution in [0.3, 0.4) is 0 Å². The molecule has 1 amide bonds. The molecule has 0 atom stereocenters. The highest BCUT2D eigenvalue weighted by Gasteiger charge is 2.27. The quantitative estimate of drug-likeness (QED) is 0.471. The Kier molecular flexibility index (Phi) is 9.48. The molecule has 0 spiro atoms. The van der Waals surface area contributed by atoms with Gasteiger partial charge in [-0.05, 0) is 24.5 Å². The Labute approximate surface area is 186 Å². The van der Waals surface area contributed by atoms with Gasteiger partial charge in [0.1, 0.15) is 18.2 Å². The highest BCUT2D eigenvalue weighted by atomic mass is 16.5. The van der Waals surface area contributed by atoms with E-state index in [4.69, 9.17) is 19.9 Å². The number of rotatable bonds is 12. The van der Waals surface area contributed by atoms with Gasteiger partial charge in [0.2, 0.25) is 0 Å². The molecule has 0 radical (unpaired) electrons. The fraction of sp³-hybridized carbons (Fsp3) is 0.500. The minimum absolute atomic E-state index is 0.0593. The normalized spacial score (nSPS) is 11.0. The zero-order chi connectivity index (χ0) is 23.7. The van der Waals surface area contributed by atoms with Crippen molar-refractivity contribution >= 4 is 17.4 Å². The SMILES string of the molecule is COCCCN(C(=O)c1ccccc1OCCOC)c1c(N)n(CC(C)C)c(=O)[nH]c1=O. The van der Waals surface area contributed by atoms with E-state index in [1.807, 2.05) is 13.8 Å². The van der Waals surface area contributed by atoms with E-state index in [0.29, 0.717) is 31.9 Å². The molecule has 0 saturated carbocycles. The molecule has 0 unspecified atom stereocenters. The summed E-state index contributed by atoms with van der Waals surface area (Å²) in [5.41, 5.74) is 5.12. The van der Waals surface area contributed by atoms with Crippen LogP contribution in [0.25, 0.3) is 0 Å². The molecule has 176 valence electrons. The number of methoxy groups -OCH3 is 2. The molecule has 32 heavy (non-hydrogen) atoms. The van der Waals surface area contributed by atoms with Crippen molar-refractivity contribution < 1.29 is 19.0 Å². The van der Waals surface area contributed by atoms with E-state index >= 15 is 0 Å². The molecule has 2 rings (SSSR count). The van der Waals surface area contributed by atoms with Gasteiger partial charge in [0.05, 0.1) is 12.2 Å². The van der Waals surface area contributed by atoms with Crippen LogP contribution in [-0.2, 0) is 16.0 Å². The molecule has 1 aromatic heterocycles. The van der Waals surface area contributed by atoms with E-state index in [1.165, 1.54) is 9.47 Å². The van der Waals surface area contributed by atoms with Crippen LogP contribution in [-0.4, -0.2) is 56.0 Å². The first-order valence-electron chi connectivity index (χ1n) is 10.5. The number of nitrogens with two attached hydrogens (primary N) is 1. The molecular weight excluding hydrogens is 416 g/mol. The van der Waals surface area contributed by atoms with E-state index in [-0.39, 0.29) is 36.1 Å². The monoisotopic (exact) mass is 448 g/mol. The third-order valence-corrected chi connectivity index (χ3v) is 4.67. The number of H-pyrrole nitrogens is 1. The van der Waals surface area contributed by atoms with Gasteiger partial charge in [-0.15, -0.1) is 0 Å². The van der Waals surface area contributed by atoms with Crippen molar-refractivity contribution in [2.24, 2.45) is 5.92 Å². The summed E-state index contributed by atoms with van der Waals surface area (Å²) < 4.78 is 17.1. The van der Waals surface area contributed by atoms with Gasteiger partial charge in [-0.25, -0.2) is 4.79 Å². The van der Waals surface area contributed by atoms with E-state index in [2.05, 4.69) is 4.98 Å². The Morgan fingerprint density at radius 1 is 1.12 bits per heavy atom. The van der Waals surface area contributed by atoms with Crippen LogP contribution in [0.4, 0.5) is 11.5 Å². The van der Waals surface area contributed by atoms with Gasteiger partial charge >= 0.3 is 5.69 Å². The summed E-state index contributed by atoms with van der Waals surface area (Å²) in [4.78, 5) is 42.3. The van der Waals surface area contributed by atoms with Gasteiger partial charge in [-0.3, -0.25) is 19.1 Å². The summed E-state index contributed by atoms with van der Waals surface area (Å²) in [5, 5.41) is 0. The van der Waals surface area contributed by atoms with Crippen molar-refractivity contribution in [3.63, 3.8) is 0 Å². The molecule has 1 heterocycles. The molecular formula is C22H32N4O6. The maximum atomic E-state index is 13.6. The summed E-state index contributed by atoms with van der Waals surface area (Å²) in [6, 6.07) is 6.74. The maximum Gasteiger partial charge on any atom is 0.330 e. The summed E-state index contributed by atoms with van der Waals surface area (Å²) in [6.45, 7) is 5.29. The van der Waals surface area contributed by atoms with Crippen LogP contribution in [0.2, 0.25) is 0 Å². The molecule has 0 aliphatic rings. The molecule has 0 bridgehead atoms. The van der Waals surface area contributed by atoms with Gasteiger partial charge in [0.15, 0.2) is 5.69 Å². The minimum Gasteiger partial charge on any atom is -0.490 e. The molecule has 0 aliphatic carbocycles. The number of carbonyl (C=O) groups excluding carboxylic acids is 1. The molecule has 2 aromatic rings. The van der Waals surface area contributed by atoms with Crippen LogP contribution in [0.15, 0.2) is 33.9 Å². The number of hydrogen-bond acceptors (Lipinski definition) is 7. The summed E-state index contributed by atoms with van der Waals surface area (Å²) in [7, 11) is 3.11. The standard InChI is InChI=1S/C22H32N4O6/c1-15(2)14-26-19(23)18(20(27)24-22(26)29)25(10-7-11-30-3)21(28)16-8-5-6-9-17(16)32-13-12-31-4/h5-6,8-9,15H,7,10-14,23H2,1-4H3,(H,24,27,29). The lowest BCUT2D eigenvalue weighted by Crippen LogP contribution is -2.42. The number of benzene rings is 1. The second kappa shape index (κ2) is 12.1. The molecule has 10 nitrogen and oxygen atoms in total. The highest BCUT2D eigenvalue weighted by molar-refractivity contribution is 6.08. The summed E-state index contributed by atoms with van der Waals surface area (Å²) in [5.74, 6) is -0.0739. The van der Waals surface area contributed by atoms with Crippen LogP contribution >= 0.6 is 0 Å². The predicted octanol–water partition coefficient (Wildman–Crippen LogP) is 1.48. The molecule has 0 fully saturated rings. The first-order valence-corrected chi connectivity index (χ1v) is 10.5. The van der Waals surface area contributed by atoms with E-state index in [9.17, 15) is 14.4 Å². The Morgan fingerprint density at radius 3 is 2.47 bits per heavy atom. The lowest BCUT2D eigenvalue weighted by atomic mass is 10.1. The fourth-order valence-electron chi connectivity index (χ4n) is 3.22. The van der Waals surface area contributed by atoms with Crippen molar-refractivity contribution in [2.75, 3.05) is 51.2 Å². The molecule has 10 heteroatoms. The first kappa shape index (κ1) is 25.2. The zero-order valence-electron chi connectivity index (χ0n) is 19.1. The summed E-state index contributed by atoms with van der Waals surface area (Å²) in [6.07, 6.45) is 0.455. The number of ether oxygens (including phenoxy) is 3. The van der Waals surface area contributed by atoms with E-state index < -0.39 is 17.2 Å². The number of amides is 1. The van der Waals surface area contributed by atoms with Gasteiger partial charge < -0.3 is 24.8 Å². The average Bonchev–Trinajstić information content (AvgIpc) is 2.75. The van der Waals surface area contributed by atoms with E-state index in [1.54, 1.807) is 38.5 Å². The smallest absolute Gasteiger partial charge is 0.330 e. The number of anilines is 2. The number of nitrogens with one attached hydrogen (secondary N) is 1. The number of aromatic amines is 1. The van der Waals surface area contributed by atoms with Gasteiger partial charge in [-0.2, -0.15) is 0 Å². The maximum absolute atomic E-state index is 13.6. The Morgan fingerprint density at radius 2 is 1.81 bits per heavy atom. The minimum atomic E-state index is -0.726. The number of hydrogen-bond donors (Lipinski definition) is 2. The third kappa shape index (κ3) is 6.21. The molecule has 1 aromatic carbocycles. The van der Waals surface area contributed by atoms with Crippen LogP contribution in [0.5, 0.6) is 5.75 Å². The second-order valence-electron chi connectivity index (χ2n) is 7.64. The molecule has 0 aliphatic heterocycles. The fourth-order valence-corrected chi connectivity index (χ4v) is 3.22. The van der Waals surface area contributed by atoms with Gasteiger partial charge in [0, 0.05) is 33.9 Å². The topological polar surface area (TPSA) is 129 Å². The lowest BCUT2D eigenvalue weighted by molar-refractivity contribution is 0.0975. The number of aromatic nitrogens is 2. The summed E-state index contributed by atoms with van der Waals surface area (Å²) >= 11 is 0. The van der Waals surface area contributed by atoms with Crippen LogP contribution in [0, 0.1) is 5.92 Å². The highest BCUT2D eigenvalue weighted by Crippen LogP contribution is 2.25. The second-order valence-corrected chi connectivity index (χ2v) is 7.64. The number of nitrogen functional groups attached to an aromatic ring is 1. The number of carbonyl (C=O) groups is 1. The Bertz CT molecular complexity index is 1010. The van der Waals surface area contributed by atoms with Gasteiger partial charge in [0.25, 0.3) is 11.5 Å². The van der Waals surface area contributed by atoms with E-state index in [0.717, 1.165) is 0 Å². The van der Waals surface area contributed by atoms with Gasteiger partial charge in [-0.1, -0.05) is 26.0 Å².